The molecule has 2 fully saturated rings. The smallest absolute Gasteiger partial charge is 0.254 e. The Balaban J connectivity index is 1.47. The number of aryl methyl sites for hydroxylation is 1. The molecule has 3 N–H and O–H groups in total. The molecule has 2 aliphatic heterocycles. The molecule has 0 spiro atoms. The van der Waals surface area contributed by atoms with Gasteiger partial charge < -0.3 is 20.0 Å². The molecule has 3 aromatic rings. The van der Waals surface area contributed by atoms with E-state index < -0.39 is 10.0 Å². The first-order chi connectivity index (χ1) is 20.2. The summed E-state index contributed by atoms with van der Waals surface area (Å²) in [6.07, 6.45) is 1.65. The number of sulfonamides is 1. The first-order valence-corrected chi connectivity index (χ1v) is 15.5. The third-order valence-corrected chi connectivity index (χ3v) is 8.95. The van der Waals surface area contributed by atoms with Crippen molar-refractivity contribution in [3.63, 3.8) is 0 Å². The molecule has 0 atom stereocenters. The summed E-state index contributed by atoms with van der Waals surface area (Å²) in [7, 11) is -3.90. The number of hydrogen-bond acceptors (Lipinski definition) is 8. The Morgan fingerprint density at radius 1 is 0.929 bits per heavy atom. The van der Waals surface area contributed by atoms with Gasteiger partial charge in [0.2, 0.25) is 10.0 Å². The van der Waals surface area contributed by atoms with Gasteiger partial charge in [0.25, 0.3) is 5.91 Å². The minimum Gasteiger partial charge on any atom is -0.367 e. The Bertz CT molecular complexity index is 1680. The summed E-state index contributed by atoms with van der Waals surface area (Å²) >= 11 is 0. The van der Waals surface area contributed by atoms with Crippen LogP contribution in [0.1, 0.15) is 39.9 Å². The van der Waals surface area contributed by atoms with Crippen LogP contribution in [0.5, 0.6) is 0 Å². The van der Waals surface area contributed by atoms with Crippen molar-refractivity contribution in [1.82, 2.24) is 10.2 Å². The van der Waals surface area contributed by atoms with Gasteiger partial charge in [0.15, 0.2) is 0 Å². The number of nitriles is 2. The average Bonchev–Trinajstić information content (AvgIpc) is 3.01. The Kier molecular flexibility index (Phi) is 8.46. The van der Waals surface area contributed by atoms with Crippen molar-refractivity contribution < 1.29 is 13.2 Å². The molecule has 3 aromatic carbocycles. The molecular formula is C31H33N7O3S. The Morgan fingerprint density at radius 2 is 1.57 bits per heavy atom. The van der Waals surface area contributed by atoms with E-state index >= 15 is 0 Å². The number of primary sulfonamides is 1. The van der Waals surface area contributed by atoms with Gasteiger partial charge in [-0.05, 0) is 74.8 Å². The molecule has 0 aromatic heterocycles. The third-order valence-electron chi connectivity index (χ3n) is 7.99. The maximum atomic E-state index is 13.9. The standard InChI is InChI=1S/C31H33N7O3S/c1-22-18-24(21-33)29(38(25-10-12-35-13-11-25)27-7-3-2-6-23(27)20-32)19-26(22)31(39)37-16-14-36(15-17-37)28-8-4-5-9-30(28)42(34,40)41/h2-9,18-19,25,35H,10-17H2,1H3,(H2,34,40,41). The van der Waals surface area contributed by atoms with Crippen molar-refractivity contribution in [2.75, 3.05) is 49.1 Å². The normalized spacial score (nSPS) is 16.0. The summed E-state index contributed by atoms with van der Waals surface area (Å²) in [6.45, 7) is 5.12. The van der Waals surface area contributed by atoms with Gasteiger partial charge in [-0.2, -0.15) is 10.5 Å². The first-order valence-electron chi connectivity index (χ1n) is 13.9. The zero-order valence-corrected chi connectivity index (χ0v) is 24.3. The van der Waals surface area contributed by atoms with Crippen molar-refractivity contribution in [2.45, 2.75) is 30.7 Å². The number of carbonyl (C=O) groups is 1. The minimum atomic E-state index is -3.90. The number of rotatable bonds is 6. The van der Waals surface area contributed by atoms with Crippen molar-refractivity contribution in [3.8, 4) is 12.1 Å². The fourth-order valence-corrected chi connectivity index (χ4v) is 6.62. The van der Waals surface area contributed by atoms with Crippen LogP contribution in [0.4, 0.5) is 17.1 Å². The molecule has 0 bridgehead atoms. The number of para-hydroxylation sites is 2. The largest absolute Gasteiger partial charge is 0.367 e. The highest BCUT2D eigenvalue weighted by Gasteiger charge is 2.30. The lowest BCUT2D eigenvalue weighted by Crippen LogP contribution is -2.49. The van der Waals surface area contributed by atoms with E-state index in [-0.39, 0.29) is 16.8 Å². The van der Waals surface area contributed by atoms with Crippen LogP contribution in [0, 0.1) is 29.6 Å². The number of benzene rings is 3. The Morgan fingerprint density at radius 3 is 2.24 bits per heavy atom. The predicted molar refractivity (Wildman–Crippen MR) is 161 cm³/mol. The van der Waals surface area contributed by atoms with Gasteiger partial charge in [0, 0.05) is 37.8 Å². The molecule has 2 aliphatic rings. The Hall–Kier alpha value is -4.42. The van der Waals surface area contributed by atoms with E-state index in [4.69, 9.17) is 5.14 Å². The molecule has 1 amide bonds. The maximum absolute atomic E-state index is 13.9. The molecule has 2 saturated heterocycles. The van der Waals surface area contributed by atoms with Crippen LogP contribution in [0.3, 0.4) is 0 Å². The van der Waals surface area contributed by atoms with Gasteiger partial charge in [-0.25, -0.2) is 13.6 Å². The SMILES string of the molecule is Cc1cc(C#N)c(N(c2ccccc2C#N)C2CCNCC2)cc1C(=O)N1CCN(c2ccccc2S(N)(=O)=O)CC1. The number of nitrogens with two attached hydrogens (primary N) is 1. The predicted octanol–water partition coefficient (Wildman–Crippen LogP) is 3.24. The molecule has 10 nitrogen and oxygen atoms in total. The zero-order chi connectivity index (χ0) is 29.9. The van der Waals surface area contributed by atoms with Crippen molar-refractivity contribution in [3.05, 3.63) is 82.9 Å². The lowest BCUT2D eigenvalue weighted by Gasteiger charge is -2.38. The summed E-state index contributed by atoms with van der Waals surface area (Å²) in [6, 6.07) is 22.2. The quantitative estimate of drug-likeness (QED) is 0.450. The lowest BCUT2D eigenvalue weighted by molar-refractivity contribution is 0.0746. The molecular weight excluding hydrogens is 550 g/mol. The summed E-state index contributed by atoms with van der Waals surface area (Å²) in [4.78, 5) is 19.7. The number of piperazine rings is 1. The van der Waals surface area contributed by atoms with E-state index in [9.17, 15) is 23.7 Å². The second-order valence-corrected chi connectivity index (χ2v) is 12.1. The van der Waals surface area contributed by atoms with Crippen LogP contribution >= 0.6 is 0 Å². The topological polar surface area (TPSA) is 147 Å². The van der Waals surface area contributed by atoms with Gasteiger partial charge in [-0.3, -0.25) is 4.79 Å². The van der Waals surface area contributed by atoms with Gasteiger partial charge in [-0.15, -0.1) is 0 Å². The molecule has 0 radical (unpaired) electrons. The van der Waals surface area contributed by atoms with Crippen LogP contribution in [0.25, 0.3) is 0 Å². The number of nitrogens with one attached hydrogen (secondary N) is 1. The number of piperidine rings is 1. The second-order valence-electron chi connectivity index (χ2n) is 10.6. The highest BCUT2D eigenvalue weighted by atomic mass is 32.2. The molecule has 11 heteroatoms. The second kappa shape index (κ2) is 12.2. The third kappa shape index (κ3) is 5.81. The highest BCUT2D eigenvalue weighted by molar-refractivity contribution is 7.89. The van der Waals surface area contributed by atoms with Gasteiger partial charge >= 0.3 is 0 Å². The zero-order valence-electron chi connectivity index (χ0n) is 23.5. The molecule has 0 aliphatic carbocycles. The lowest BCUT2D eigenvalue weighted by atomic mass is 9.96. The van der Waals surface area contributed by atoms with Crippen LogP contribution in [-0.2, 0) is 10.0 Å². The maximum Gasteiger partial charge on any atom is 0.254 e. The monoisotopic (exact) mass is 583 g/mol. The van der Waals surface area contributed by atoms with E-state index in [1.165, 1.54) is 6.07 Å². The van der Waals surface area contributed by atoms with E-state index in [0.29, 0.717) is 65.5 Å². The molecule has 2 heterocycles. The van der Waals surface area contributed by atoms with Crippen molar-refractivity contribution in [2.24, 2.45) is 5.14 Å². The molecule has 5 rings (SSSR count). The minimum absolute atomic E-state index is 0.0425. The average molecular weight is 584 g/mol. The number of anilines is 3. The summed E-state index contributed by atoms with van der Waals surface area (Å²) < 4.78 is 24.3. The van der Waals surface area contributed by atoms with Gasteiger partial charge in [-0.1, -0.05) is 24.3 Å². The molecule has 42 heavy (non-hydrogen) atoms. The van der Waals surface area contributed by atoms with Gasteiger partial charge in [0.1, 0.15) is 17.0 Å². The van der Waals surface area contributed by atoms with Crippen molar-refractivity contribution >= 4 is 33.0 Å². The summed E-state index contributed by atoms with van der Waals surface area (Å²) in [5.74, 6) is -0.156. The van der Waals surface area contributed by atoms with Crippen LogP contribution in [-0.4, -0.2) is 64.5 Å². The number of carbonyl (C=O) groups excluding carboxylic acids is 1. The fourth-order valence-electron chi connectivity index (χ4n) is 5.86. The van der Waals surface area contributed by atoms with Crippen LogP contribution in [0.2, 0.25) is 0 Å². The summed E-state index contributed by atoms with van der Waals surface area (Å²) in [5, 5.41) is 28.9. The van der Waals surface area contributed by atoms with Gasteiger partial charge in [0.05, 0.1) is 28.2 Å². The molecule has 0 unspecified atom stereocenters. The highest BCUT2D eigenvalue weighted by Crippen LogP contribution is 2.37. The molecule has 0 saturated carbocycles. The molecule has 216 valence electrons. The van der Waals surface area contributed by atoms with Crippen LogP contribution in [0.15, 0.2) is 65.6 Å². The van der Waals surface area contributed by atoms with E-state index in [1.54, 1.807) is 41.3 Å². The van der Waals surface area contributed by atoms with Crippen molar-refractivity contribution in [1.29, 1.82) is 10.5 Å². The van der Waals surface area contributed by atoms with E-state index in [1.807, 2.05) is 30.0 Å². The number of hydrogen-bond donors (Lipinski definition) is 2. The van der Waals surface area contributed by atoms with E-state index in [0.717, 1.165) is 25.9 Å². The number of nitrogens with zero attached hydrogens (tertiary/aromatic N) is 5. The Labute approximate surface area is 246 Å². The first kappa shape index (κ1) is 29.1. The fraction of sp³-hybridized carbons (Fsp3) is 0.323. The summed E-state index contributed by atoms with van der Waals surface area (Å²) in [5.41, 5.74) is 3.99. The van der Waals surface area contributed by atoms with E-state index in [2.05, 4.69) is 22.4 Å². The number of amides is 1. The van der Waals surface area contributed by atoms with Crippen LogP contribution < -0.4 is 20.3 Å².